The monoisotopic (exact) mass is 401 g/mol. The van der Waals surface area contributed by atoms with Crippen LogP contribution in [-0.4, -0.2) is 11.9 Å². The van der Waals surface area contributed by atoms with Gasteiger partial charge in [-0.3, -0.25) is 4.79 Å². The number of nitrogens with one attached hydrogen (secondary N) is 2. The third-order valence-electron chi connectivity index (χ3n) is 5.12. The summed E-state index contributed by atoms with van der Waals surface area (Å²) >= 11 is 0. The highest BCUT2D eigenvalue weighted by atomic mass is 16.2. The second-order valence-electron chi connectivity index (χ2n) is 7.44. The van der Waals surface area contributed by atoms with Crippen LogP contribution in [0.5, 0.6) is 0 Å². The minimum atomic E-state index is -0.658. The fourth-order valence-electron chi connectivity index (χ4n) is 3.56. The lowest BCUT2D eigenvalue weighted by atomic mass is 9.96. The van der Waals surface area contributed by atoms with Gasteiger partial charge in [-0.05, 0) is 36.1 Å². The largest absolute Gasteiger partial charge is 0.352 e. The number of primary amides is 1. The number of amides is 3. The Kier molecular flexibility index (Phi) is 6.86. The summed E-state index contributed by atoms with van der Waals surface area (Å²) in [5.74, 6) is -0.175. The molecule has 4 N–H and O–H groups in total. The molecule has 3 aromatic rings. The Hall–Kier alpha value is -3.60. The molecule has 3 aromatic carbocycles. The maximum absolute atomic E-state index is 13.0. The molecular weight excluding hydrogens is 374 g/mol. The van der Waals surface area contributed by atoms with Gasteiger partial charge in [0.1, 0.15) is 0 Å². The lowest BCUT2D eigenvalue weighted by Crippen LogP contribution is -2.38. The molecule has 0 spiro atoms. The van der Waals surface area contributed by atoms with Gasteiger partial charge in [0.2, 0.25) is 5.91 Å². The van der Waals surface area contributed by atoms with Crippen molar-refractivity contribution in [2.45, 2.75) is 32.4 Å². The summed E-state index contributed by atoms with van der Waals surface area (Å²) in [7, 11) is 0. The molecule has 0 heterocycles. The van der Waals surface area contributed by atoms with Crippen molar-refractivity contribution >= 4 is 11.9 Å². The second-order valence-corrected chi connectivity index (χ2v) is 7.44. The summed E-state index contributed by atoms with van der Waals surface area (Å²) in [4.78, 5) is 24.6. The lowest BCUT2D eigenvalue weighted by Gasteiger charge is -2.23. The van der Waals surface area contributed by atoms with E-state index in [0.29, 0.717) is 0 Å². The Morgan fingerprint density at radius 2 is 1.40 bits per heavy atom. The fourth-order valence-corrected chi connectivity index (χ4v) is 3.56. The van der Waals surface area contributed by atoms with Crippen molar-refractivity contribution in [1.29, 1.82) is 0 Å². The van der Waals surface area contributed by atoms with Crippen molar-refractivity contribution < 1.29 is 9.59 Å². The van der Waals surface area contributed by atoms with Gasteiger partial charge >= 0.3 is 6.03 Å². The van der Waals surface area contributed by atoms with Crippen LogP contribution >= 0.6 is 0 Å². The van der Waals surface area contributed by atoms with Crippen LogP contribution in [0.15, 0.2) is 78.9 Å². The van der Waals surface area contributed by atoms with Crippen molar-refractivity contribution in [1.82, 2.24) is 10.6 Å². The van der Waals surface area contributed by atoms with Gasteiger partial charge in [0.25, 0.3) is 0 Å². The number of hydrogen-bond acceptors (Lipinski definition) is 2. The van der Waals surface area contributed by atoms with E-state index in [2.05, 4.69) is 10.6 Å². The molecular formula is C25H27N3O2. The quantitative estimate of drug-likeness (QED) is 0.551. The first-order valence-electron chi connectivity index (χ1n) is 9.96. The van der Waals surface area contributed by atoms with E-state index in [1.54, 1.807) is 0 Å². The summed E-state index contributed by atoms with van der Waals surface area (Å²) in [6.45, 7) is 3.98. The Balaban J connectivity index is 1.84. The molecule has 154 valence electrons. The molecule has 0 unspecified atom stereocenters. The van der Waals surface area contributed by atoms with Gasteiger partial charge in [-0.1, -0.05) is 84.4 Å². The highest BCUT2D eigenvalue weighted by Crippen LogP contribution is 2.25. The minimum Gasteiger partial charge on any atom is -0.352 e. The highest BCUT2D eigenvalue weighted by Gasteiger charge is 2.22. The van der Waals surface area contributed by atoms with E-state index in [0.717, 1.165) is 27.8 Å². The SMILES string of the molecule is Cc1ccc([C@H](NC(=O)C[C@H](NC(N)=O)c2ccccc2C)c2ccccc2)cc1. The molecule has 30 heavy (non-hydrogen) atoms. The van der Waals surface area contributed by atoms with Crippen LogP contribution < -0.4 is 16.4 Å². The van der Waals surface area contributed by atoms with Crippen molar-refractivity contribution in [3.8, 4) is 0 Å². The molecule has 0 aliphatic carbocycles. The van der Waals surface area contributed by atoms with Gasteiger partial charge < -0.3 is 16.4 Å². The average Bonchev–Trinajstić information content (AvgIpc) is 2.73. The maximum atomic E-state index is 13.0. The van der Waals surface area contributed by atoms with Crippen LogP contribution in [0.1, 0.15) is 46.3 Å². The number of benzene rings is 3. The number of carbonyl (C=O) groups is 2. The Bertz CT molecular complexity index is 1000. The number of nitrogens with two attached hydrogens (primary N) is 1. The summed E-state index contributed by atoms with van der Waals surface area (Å²) in [5.41, 5.74) is 10.4. The summed E-state index contributed by atoms with van der Waals surface area (Å²) in [6.07, 6.45) is 0.0863. The average molecular weight is 402 g/mol. The van der Waals surface area contributed by atoms with Gasteiger partial charge in [-0.15, -0.1) is 0 Å². The molecule has 0 bridgehead atoms. The van der Waals surface area contributed by atoms with E-state index in [1.165, 1.54) is 0 Å². The summed E-state index contributed by atoms with van der Waals surface area (Å²) in [6, 6.07) is 24.1. The standard InChI is InChI=1S/C25H27N3O2/c1-17-12-14-20(15-13-17)24(19-9-4-3-5-10-19)28-23(29)16-22(27-25(26)30)21-11-7-6-8-18(21)2/h3-15,22,24H,16H2,1-2H3,(H,28,29)(H3,26,27,30)/t22-,24+/m0/s1. The molecule has 0 saturated carbocycles. The van der Waals surface area contributed by atoms with Crippen molar-refractivity contribution in [2.75, 3.05) is 0 Å². The maximum Gasteiger partial charge on any atom is 0.312 e. The topological polar surface area (TPSA) is 84.2 Å². The summed E-state index contributed by atoms with van der Waals surface area (Å²) in [5, 5.41) is 5.84. The Labute approximate surface area is 177 Å². The predicted octanol–water partition coefficient (Wildman–Crippen LogP) is 4.31. The second kappa shape index (κ2) is 9.74. The van der Waals surface area contributed by atoms with Crippen LogP contribution in [0.2, 0.25) is 0 Å². The molecule has 3 amide bonds. The zero-order valence-corrected chi connectivity index (χ0v) is 17.3. The zero-order chi connectivity index (χ0) is 21.5. The van der Waals surface area contributed by atoms with Gasteiger partial charge in [0, 0.05) is 0 Å². The molecule has 0 radical (unpaired) electrons. The number of hydrogen-bond donors (Lipinski definition) is 3. The first kappa shape index (κ1) is 21.1. The van der Waals surface area contributed by atoms with Crippen LogP contribution in [0.3, 0.4) is 0 Å². The Morgan fingerprint density at radius 1 is 0.800 bits per heavy atom. The molecule has 5 nitrogen and oxygen atoms in total. The molecule has 0 aromatic heterocycles. The van der Waals surface area contributed by atoms with Crippen molar-refractivity contribution in [3.63, 3.8) is 0 Å². The van der Waals surface area contributed by atoms with Gasteiger partial charge in [-0.2, -0.15) is 0 Å². The van der Waals surface area contributed by atoms with E-state index in [4.69, 9.17) is 5.73 Å². The number of aryl methyl sites for hydroxylation is 2. The van der Waals surface area contributed by atoms with Crippen LogP contribution in [0.25, 0.3) is 0 Å². The summed E-state index contributed by atoms with van der Waals surface area (Å²) < 4.78 is 0. The minimum absolute atomic E-state index is 0.0863. The number of rotatable bonds is 7. The number of carbonyl (C=O) groups excluding carboxylic acids is 2. The lowest BCUT2D eigenvalue weighted by molar-refractivity contribution is -0.122. The number of urea groups is 1. The highest BCUT2D eigenvalue weighted by molar-refractivity contribution is 5.79. The van der Waals surface area contributed by atoms with Crippen LogP contribution in [0.4, 0.5) is 4.79 Å². The van der Waals surface area contributed by atoms with Crippen molar-refractivity contribution in [3.05, 3.63) is 107 Å². The van der Waals surface area contributed by atoms with E-state index in [9.17, 15) is 9.59 Å². The third kappa shape index (κ3) is 5.47. The van der Waals surface area contributed by atoms with E-state index >= 15 is 0 Å². The predicted molar refractivity (Wildman–Crippen MR) is 119 cm³/mol. The van der Waals surface area contributed by atoms with E-state index in [-0.39, 0.29) is 18.4 Å². The smallest absolute Gasteiger partial charge is 0.312 e. The van der Waals surface area contributed by atoms with Gasteiger partial charge in [0.15, 0.2) is 0 Å². The fraction of sp³-hybridized carbons (Fsp3) is 0.200. The van der Waals surface area contributed by atoms with E-state index in [1.807, 2.05) is 92.7 Å². The third-order valence-corrected chi connectivity index (χ3v) is 5.12. The van der Waals surface area contributed by atoms with Crippen LogP contribution in [-0.2, 0) is 4.79 Å². The molecule has 3 rings (SSSR count). The van der Waals surface area contributed by atoms with Crippen LogP contribution in [0, 0.1) is 13.8 Å². The normalized spacial score (nSPS) is 12.6. The molecule has 0 aliphatic heterocycles. The Morgan fingerprint density at radius 3 is 2.03 bits per heavy atom. The van der Waals surface area contributed by atoms with Gasteiger partial charge in [0.05, 0.1) is 18.5 Å². The molecule has 0 fully saturated rings. The molecule has 0 saturated heterocycles. The first-order chi connectivity index (χ1) is 14.4. The molecule has 0 aliphatic rings. The molecule has 5 heteroatoms. The van der Waals surface area contributed by atoms with Crippen molar-refractivity contribution in [2.24, 2.45) is 5.73 Å². The van der Waals surface area contributed by atoms with E-state index < -0.39 is 12.1 Å². The first-order valence-corrected chi connectivity index (χ1v) is 9.96. The zero-order valence-electron chi connectivity index (χ0n) is 17.3. The molecule has 2 atom stereocenters. The van der Waals surface area contributed by atoms with Gasteiger partial charge in [-0.25, -0.2) is 4.79 Å².